The number of rotatable bonds is 6. The van der Waals surface area contributed by atoms with Gasteiger partial charge < -0.3 is 15.3 Å². The van der Waals surface area contributed by atoms with Gasteiger partial charge in [0.1, 0.15) is 6.54 Å². The van der Waals surface area contributed by atoms with Crippen molar-refractivity contribution in [1.29, 1.82) is 0 Å². The van der Waals surface area contributed by atoms with Crippen molar-refractivity contribution in [3.05, 3.63) is 0 Å². The number of aliphatic carboxylic acids is 1. The molecule has 0 aliphatic carbocycles. The summed E-state index contributed by atoms with van der Waals surface area (Å²) >= 11 is 0. The number of halogens is 3. The zero-order chi connectivity index (χ0) is 13.5. The topological polar surface area (TPSA) is 69.6 Å². The number of hydrogen-bond donors (Lipinski definition) is 2. The first kappa shape index (κ1) is 15.5. The summed E-state index contributed by atoms with van der Waals surface area (Å²) in [7, 11) is 1.04. The SMILES string of the molecule is CN(CC(F)(F)F)C(=O)NCCCCC(=O)O. The molecule has 0 aliphatic heterocycles. The molecule has 0 saturated heterocycles. The van der Waals surface area contributed by atoms with E-state index < -0.39 is 24.7 Å². The number of carboxylic acids is 1. The van der Waals surface area contributed by atoms with Crippen LogP contribution in [-0.2, 0) is 4.79 Å². The van der Waals surface area contributed by atoms with Crippen molar-refractivity contribution in [2.24, 2.45) is 0 Å². The number of nitrogens with zero attached hydrogens (tertiary/aromatic N) is 1. The molecule has 0 radical (unpaired) electrons. The quantitative estimate of drug-likeness (QED) is 0.706. The Hall–Kier alpha value is -1.47. The van der Waals surface area contributed by atoms with E-state index >= 15 is 0 Å². The third-order valence-corrected chi connectivity index (χ3v) is 1.86. The van der Waals surface area contributed by atoms with E-state index in [-0.39, 0.29) is 13.0 Å². The molecular formula is C9H15F3N2O3. The number of amides is 2. The standard InChI is InChI=1S/C9H15F3N2O3/c1-14(6-9(10,11)12)8(17)13-5-3-2-4-7(15)16/h2-6H2,1H3,(H,13,17)(H,15,16). The molecule has 0 aromatic carbocycles. The normalized spacial score (nSPS) is 11.1. The number of alkyl halides is 3. The highest BCUT2D eigenvalue weighted by Crippen LogP contribution is 2.15. The van der Waals surface area contributed by atoms with Crippen LogP contribution in [-0.4, -0.2) is 48.3 Å². The summed E-state index contributed by atoms with van der Waals surface area (Å²) < 4.78 is 35.7. The van der Waals surface area contributed by atoms with Crippen molar-refractivity contribution in [2.75, 3.05) is 20.1 Å². The highest BCUT2D eigenvalue weighted by Gasteiger charge is 2.30. The molecule has 0 bridgehead atoms. The number of unbranched alkanes of at least 4 members (excludes halogenated alkanes) is 1. The number of urea groups is 1. The summed E-state index contributed by atoms with van der Waals surface area (Å²) in [6.45, 7) is -1.15. The highest BCUT2D eigenvalue weighted by atomic mass is 19.4. The molecule has 0 unspecified atom stereocenters. The van der Waals surface area contributed by atoms with Gasteiger partial charge in [0, 0.05) is 20.0 Å². The molecule has 17 heavy (non-hydrogen) atoms. The van der Waals surface area contributed by atoms with Crippen LogP contribution in [0.5, 0.6) is 0 Å². The fraction of sp³-hybridized carbons (Fsp3) is 0.778. The third-order valence-electron chi connectivity index (χ3n) is 1.86. The van der Waals surface area contributed by atoms with Crippen molar-refractivity contribution in [3.63, 3.8) is 0 Å². The van der Waals surface area contributed by atoms with Gasteiger partial charge in [0.2, 0.25) is 0 Å². The molecular weight excluding hydrogens is 241 g/mol. The highest BCUT2D eigenvalue weighted by molar-refractivity contribution is 5.73. The monoisotopic (exact) mass is 256 g/mol. The minimum Gasteiger partial charge on any atom is -0.481 e. The zero-order valence-corrected chi connectivity index (χ0v) is 9.38. The average molecular weight is 256 g/mol. The maximum atomic E-state index is 11.9. The molecule has 0 aromatic rings. The van der Waals surface area contributed by atoms with E-state index in [0.717, 1.165) is 7.05 Å². The Morgan fingerprint density at radius 3 is 2.35 bits per heavy atom. The Morgan fingerprint density at radius 2 is 1.88 bits per heavy atom. The first-order valence-electron chi connectivity index (χ1n) is 5.00. The summed E-state index contributed by atoms with van der Waals surface area (Å²) in [6.07, 6.45) is -3.65. The molecule has 100 valence electrons. The van der Waals surface area contributed by atoms with Gasteiger partial charge in [-0.1, -0.05) is 0 Å². The zero-order valence-electron chi connectivity index (χ0n) is 9.38. The number of hydrogen-bond acceptors (Lipinski definition) is 2. The third kappa shape index (κ3) is 9.46. The molecule has 0 spiro atoms. The molecule has 0 rings (SSSR count). The van der Waals surface area contributed by atoms with E-state index in [2.05, 4.69) is 5.32 Å². The molecule has 0 aliphatic rings. The number of carboxylic acid groups (broad SMARTS) is 1. The van der Waals surface area contributed by atoms with Gasteiger partial charge in [-0.3, -0.25) is 4.79 Å². The second kappa shape index (κ2) is 6.97. The predicted molar refractivity (Wildman–Crippen MR) is 53.6 cm³/mol. The molecule has 5 nitrogen and oxygen atoms in total. The van der Waals surface area contributed by atoms with Gasteiger partial charge in [0.25, 0.3) is 0 Å². The van der Waals surface area contributed by atoms with Crippen LogP contribution in [0.15, 0.2) is 0 Å². The fourth-order valence-corrected chi connectivity index (χ4v) is 1.07. The van der Waals surface area contributed by atoms with Crippen molar-refractivity contribution in [2.45, 2.75) is 25.4 Å². The van der Waals surface area contributed by atoms with Gasteiger partial charge in [-0.25, -0.2) is 4.79 Å². The summed E-state index contributed by atoms with van der Waals surface area (Å²) in [6, 6.07) is -0.822. The Bertz CT molecular complexity index is 269. The summed E-state index contributed by atoms with van der Waals surface area (Å²) in [5.41, 5.74) is 0. The van der Waals surface area contributed by atoms with Crippen LogP contribution in [0.25, 0.3) is 0 Å². The lowest BCUT2D eigenvalue weighted by Gasteiger charge is -2.19. The van der Waals surface area contributed by atoms with Crippen molar-refractivity contribution < 1.29 is 27.9 Å². The van der Waals surface area contributed by atoms with Crippen LogP contribution < -0.4 is 5.32 Å². The second-order valence-corrected chi connectivity index (χ2v) is 3.55. The van der Waals surface area contributed by atoms with Gasteiger partial charge in [-0.15, -0.1) is 0 Å². The largest absolute Gasteiger partial charge is 0.481 e. The fourth-order valence-electron chi connectivity index (χ4n) is 1.07. The van der Waals surface area contributed by atoms with Crippen LogP contribution >= 0.6 is 0 Å². The van der Waals surface area contributed by atoms with E-state index in [9.17, 15) is 22.8 Å². The van der Waals surface area contributed by atoms with E-state index in [1.807, 2.05) is 0 Å². The molecule has 0 fully saturated rings. The smallest absolute Gasteiger partial charge is 0.406 e. The van der Waals surface area contributed by atoms with Gasteiger partial charge in [0.05, 0.1) is 0 Å². The lowest BCUT2D eigenvalue weighted by atomic mass is 10.2. The molecule has 0 aromatic heterocycles. The molecule has 0 atom stereocenters. The number of carbonyl (C=O) groups excluding carboxylic acids is 1. The Kier molecular flexibility index (Phi) is 6.37. The molecule has 0 saturated carbocycles. The Balaban J connectivity index is 3.68. The molecule has 0 heterocycles. The minimum atomic E-state index is -4.42. The molecule has 2 N–H and O–H groups in total. The summed E-state index contributed by atoms with van der Waals surface area (Å²) in [4.78, 5) is 21.8. The second-order valence-electron chi connectivity index (χ2n) is 3.55. The van der Waals surface area contributed by atoms with Gasteiger partial charge in [-0.2, -0.15) is 13.2 Å². The first-order valence-corrected chi connectivity index (χ1v) is 5.00. The average Bonchev–Trinajstić information content (AvgIpc) is 2.13. The van der Waals surface area contributed by atoms with Gasteiger partial charge in [-0.05, 0) is 12.8 Å². The van der Waals surface area contributed by atoms with Gasteiger partial charge in [0.15, 0.2) is 0 Å². The van der Waals surface area contributed by atoms with Crippen LogP contribution in [0.3, 0.4) is 0 Å². The van der Waals surface area contributed by atoms with Crippen molar-refractivity contribution in [3.8, 4) is 0 Å². The van der Waals surface area contributed by atoms with Crippen molar-refractivity contribution >= 4 is 12.0 Å². The van der Waals surface area contributed by atoms with Crippen molar-refractivity contribution in [1.82, 2.24) is 10.2 Å². The van der Waals surface area contributed by atoms with Crippen LogP contribution in [0.2, 0.25) is 0 Å². The Morgan fingerprint density at radius 1 is 1.29 bits per heavy atom. The minimum absolute atomic E-state index is 0.0196. The summed E-state index contributed by atoms with van der Waals surface area (Å²) in [5.74, 6) is -0.939. The Labute approximate surface area is 96.6 Å². The lowest BCUT2D eigenvalue weighted by Crippen LogP contribution is -2.42. The van der Waals surface area contributed by atoms with Crippen LogP contribution in [0, 0.1) is 0 Å². The van der Waals surface area contributed by atoms with E-state index in [0.29, 0.717) is 17.7 Å². The predicted octanol–water partition coefficient (Wildman–Crippen LogP) is 1.44. The maximum absolute atomic E-state index is 11.9. The molecule has 2 amide bonds. The maximum Gasteiger partial charge on any atom is 0.406 e. The van der Waals surface area contributed by atoms with Crippen LogP contribution in [0.4, 0.5) is 18.0 Å². The van der Waals surface area contributed by atoms with E-state index in [4.69, 9.17) is 5.11 Å². The molecule has 8 heteroatoms. The van der Waals surface area contributed by atoms with E-state index in [1.165, 1.54) is 0 Å². The number of nitrogens with one attached hydrogen (secondary N) is 1. The first-order chi connectivity index (χ1) is 7.72. The summed E-state index contributed by atoms with van der Waals surface area (Å²) in [5, 5.41) is 10.6. The lowest BCUT2D eigenvalue weighted by molar-refractivity contribution is -0.138. The van der Waals surface area contributed by atoms with Gasteiger partial charge >= 0.3 is 18.2 Å². The number of carbonyl (C=O) groups is 2. The van der Waals surface area contributed by atoms with Crippen LogP contribution in [0.1, 0.15) is 19.3 Å². The van der Waals surface area contributed by atoms with E-state index in [1.54, 1.807) is 0 Å².